The number of carbonyl (C=O) groups is 2. The molecule has 16 atom stereocenters. The molecule has 12 heteroatoms. The Morgan fingerprint density at radius 3 is 2.58 bits per heavy atom. The molecule has 3 saturated carbocycles. The molecule has 0 aromatic heterocycles. The van der Waals surface area contributed by atoms with Crippen molar-refractivity contribution in [1.29, 1.82) is 0 Å². The summed E-state index contributed by atoms with van der Waals surface area (Å²) in [6.07, 6.45) is 1.48. The zero-order valence-corrected chi connectivity index (χ0v) is 32.6. The molecule has 6 N–H and O–H groups in total. The van der Waals surface area contributed by atoms with Crippen LogP contribution in [0.5, 0.6) is 0 Å². The number of allylic oxidation sites excluding steroid dienone is 1. The van der Waals surface area contributed by atoms with Gasteiger partial charge in [0.1, 0.15) is 29.6 Å². The van der Waals surface area contributed by atoms with E-state index in [1.165, 1.54) is 0 Å². The fourth-order valence-electron chi connectivity index (χ4n) is 13.6. The van der Waals surface area contributed by atoms with E-state index in [0.29, 0.717) is 57.4 Å². The number of aliphatic hydroxyl groups excluding tert-OH is 3. The number of fused-ring (bicyclic) bond motifs is 4. The standard InChI is InChI=1S/C43H58N2O10/c1-37-13-9-26(54-19-7-18-53-4)20-29(37)30(47)21-31-40(37)10-5-8-25-23-45(25)36(50)41-11-6-12-42(16-17-43(31,52)38(42,2)14-15-40)39(3,51)34(48)32-28(24-46)27(22-41)33(55-32)35(49)44-41/h21,25-29,32-35,44,46,48-49,51-52H,7-9,11,13-20,22-24H2,1-4H3/t25-,26-,27+,28+,29-,32-,33-,34+,35-,37-,38+,39+,40-,41+,42-,43+,45?/m0/s1. The van der Waals surface area contributed by atoms with Gasteiger partial charge in [0.25, 0.3) is 0 Å². The number of ketones is 1. The van der Waals surface area contributed by atoms with Crippen molar-refractivity contribution in [3.8, 4) is 23.7 Å². The quantitative estimate of drug-likeness (QED) is 0.130. The molecule has 10 rings (SSSR count). The molecule has 0 aromatic carbocycles. The van der Waals surface area contributed by atoms with Gasteiger partial charge in [-0.2, -0.15) is 0 Å². The van der Waals surface area contributed by atoms with Crippen LogP contribution >= 0.6 is 0 Å². The number of aliphatic hydroxyl groups is 5. The van der Waals surface area contributed by atoms with Gasteiger partial charge in [0, 0.05) is 63.6 Å². The van der Waals surface area contributed by atoms with Crippen molar-refractivity contribution in [3.63, 3.8) is 0 Å². The average molecular weight is 763 g/mol. The van der Waals surface area contributed by atoms with Crippen LogP contribution in [-0.4, -0.2) is 129 Å². The van der Waals surface area contributed by atoms with Crippen molar-refractivity contribution in [3.05, 3.63) is 11.6 Å². The van der Waals surface area contributed by atoms with E-state index in [1.54, 1.807) is 25.0 Å². The van der Waals surface area contributed by atoms with E-state index in [4.69, 9.17) is 14.2 Å². The number of piperidine rings is 1. The topological polar surface area (TPSA) is 178 Å². The first kappa shape index (κ1) is 38.2. The molecule has 3 spiro atoms. The first-order valence-electron chi connectivity index (χ1n) is 20.6. The van der Waals surface area contributed by atoms with Crippen LogP contribution in [0.1, 0.15) is 91.4 Å². The van der Waals surface area contributed by atoms with Crippen LogP contribution < -0.4 is 5.32 Å². The number of ether oxygens (including phenoxy) is 3. The molecule has 5 aliphatic carbocycles. The Hall–Kier alpha value is -2.36. The molecule has 1 amide bonds. The number of hydrogen-bond donors (Lipinski definition) is 6. The minimum absolute atomic E-state index is 0.00579. The molecule has 0 aromatic rings. The summed E-state index contributed by atoms with van der Waals surface area (Å²) in [4.78, 5) is 31.0. The molecule has 5 heterocycles. The van der Waals surface area contributed by atoms with Gasteiger partial charge < -0.3 is 44.6 Å². The van der Waals surface area contributed by atoms with Gasteiger partial charge in [-0.3, -0.25) is 14.9 Å². The lowest BCUT2D eigenvalue weighted by Gasteiger charge is -2.66. The minimum atomic E-state index is -2.00. The second kappa shape index (κ2) is 12.6. The predicted molar refractivity (Wildman–Crippen MR) is 197 cm³/mol. The molecule has 0 unspecified atom stereocenters. The van der Waals surface area contributed by atoms with E-state index in [9.17, 15) is 35.1 Å². The summed E-state index contributed by atoms with van der Waals surface area (Å²) in [6.45, 7) is 6.92. The highest BCUT2D eigenvalue weighted by atomic mass is 16.5. The first-order chi connectivity index (χ1) is 26.1. The summed E-state index contributed by atoms with van der Waals surface area (Å²) in [5.74, 6) is 12.3. The summed E-state index contributed by atoms with van der Waals surface area (Å²) < 4.78 is 17.9. The smallest absolute Gasteiger partial charge is 0.244 e. The third-order valence-corrected chi connectivity index (χ3v) is 17.0. The zero-order valence-electron chi connectivity index (χ0n) is 32.6. The normalized spacial score (nSPS) is 53.1. The van der Waals surface area contributed by atoms with Crippen molar-refractivity contribution in [2.24, 2.45) is 39.4 Å². The van der Waals surface area contributed by atoms with Gasteiger partial charge in [0.2, 0.25) is 5.91 Å². The van der Waals surface area contributed by atoms with Crippen LogP contribution in [0.15, 0.2) is 11.6 Å². The van der Waals surface area contributed by atoms with Crippen LogP contribution in [0.3, 0.4) is 0 Å². The van der Waals surface area contributed by atoms with Crippen molar-refractivity contribution >= 4 is 11.7 Å². The van der Waals surface area contributed by atoms with Crippen LogP contribution in [-0.2, 0) is 23.8 Å². The number of nitrogens with one attached hydrogen (secondary N) is 1. The third-order valence-electron chi connectivity index (χ3n) is 17.0. The van der Waals surface area contributed by atoms with E-state index in [1.807, 2.05) is 6.92 Å². The molecular formula is C43H58N2O10. The van der Waals surface area contributed by atoms with Crippen LogP contribution in [0, 0.1) is 63.1 Å². The second-order valence-corrected chi connectivity index (χ2v) is 19.2. The molecule has 55 heavy (non-hydrogen) atoms. The van der Waals surface area contributed by atoms with E-state index < -0.39 is 74.8 Å². The van der Waals surface area contributed by atoms with E-state index in [2.05, 4.69) is 35.9 Å². The summed E-state index contributed by atoms with van der Waals surface area (Å²) in [5, 5.41) is 64.6. The largest absolute Gasteiger partial charge is 0.396 e. The van der Waals surface area contributed by atoms with E-state index in [0.717, 1.165) is 12.8 Å². The first-order valence-corrected chi connectivity index (χ1v) is 20.6. The monoisotopic (exact) mass is 762 g/mol. The highest BCUT2D eigenvalue weighted by Crippen LogP contribution is 2.76. The molecule has 7 bridgehead atoms. The Labute approximate surface area is 323 Å². The number of hydrogen-bond acceptors (Lipinski definition) is 11. The number of rotatable bonds is 6. The Morgan fingerprint density at radius 1 is 1.02 bits per heavy atom. The molecule has 300 valence electrons. The van der Waals surface area contributed by atoms with Crippen molar-refractivity contribution in [2.45, 2.75) is 145 Å². The van der Waals surface area contributed by atoms with Crippen molar-refractivity contribution in [2.75, 3.05) is 33.5 Å². The van der Waals surface area contributed by atoms with E-state index in [-0.39, 0.29) is 62.0 Å². The number of amides is 1. The van der Waals surface area contributed by atoms with Gasteiger partial charge in [-0.1, -0.05) is 25.7 Å². The molecule has 0 radical (unpaired) electrons. The summed E-state index contributed by atoms with van der Waals surface area (Å²) in [5.41, 5.74) is -8.48. The summed E-state index contributed by atoms with van der Waals surface area (Å²) in [7, 11) is 1.67. The maximum atomic E-state index is 14.7. The molecular weight excluding hydrogens is 704 g/mol. The Bertz CT molecular complexity index is 1810. The molecule has 5 aliphatic heterocycles. The lowest BCUT2D eigenvalue weighted by atomic mass is 9.38. The average Bonchev–Trinajstić information content (AvgIpc) is 3.76. The van der Waals surface area contributed by atoms with Crippen molar-refractivity contribution in [1.82, 2.24) is 10.2 Å². The Morgan fingerprint density at radius 2 is 1.82 bits per heavy atom. The maximum Gasteiger partial charge on any atom is 0.244 e. The second-order valence-electron chi connectivity index (χ2n) is 19.2. The Balaban J connectivity index is 1.22. The predicted octanol–water partition coefficient (Wildman–Crippen LogP) is 1.20. The van der Waals surface area contributed by atoms with Gasteiger partial charge in [-0.15, -0.1) is 11.8 Å². The number of carbonyl (C=O) groups excluding carboxylic acids is 2. The molecule has 12 nitrogen and oxygen atoms in total. The van der Waals surface area contributed by atoms with Gasteiger partial charge in [-0.25, -0.2) is 0 Å². The minimum Gasteiger partial charge on any atom is -0.396 e. The lowest BCUT2D eigenvalue weighted by Crippen LogP contribution is -2.70. The molecule has 6 fully saturated rings. The van der Waals surface area contributed by atoms with Crippen molar-refractivity contribution < 1.29 is 49.3 Å². The molecule has 10 aliphatic rings. The number of nitrogens with zero attached hydrogens (tertiary/aromatic N) is 1. The van der Waals surface area contributed by atoms with Gasteiger partial charge in [-0.05, 0) is 87.7 Å². The lowest BCUT2D eigenvalue weighted by molar-refractivity contribution is -0.227. The maximum absolute atomic E-state index is 14.7. The van der Waals surface area contributed by atoms with Gasteiger partial charge in [0.05, 0.1) is 34.7 Å². The SMILES string of the molecule is COCCCO[C@H]1CC[C@@]2(C)[C@@H](C1)C(=O)C=C1[C@]3(O)CC[C@]45C#CC[C@@]6(C[C@@H]7[C@@H](CO)[C@H](O[C@@H]7[C@H](O)N6)[C@@H](O)[C@@]4(C)O)C(=O)N4C[C@@H]4CC#C[C@]12CC[C@]53C. The highest BCUT2D eigenvalue weighted by molar-refractivity contribution is 5.96. The zero-order chi connectivity index (χ0) is 39.0. The van der Waals surface area contributed by atoms with Crippen LogP contribution in [0.25, 0.3) is 0 Å². The van der Waals surface area contributed by atoms with Gasteiger partial charge in [0.15, 0.2) is 5.78 Å². The third kappa shape index (κ3) is 4.81. The van der Waals surface area contributed by atoms with E-state index >= 15 is 0 Å². The fourth-order valence-corrected chi connectivity index (χ4v) is 13.6. The summed E-state index contributed by atoms with van der Waals surface area (Å²) >= 11 is 0. The highest BCUT2D eigenvalue weighted by Gasteiger charge is 2.79. The number of methoxy groups -OCH3 is 1. The molecule has 3 saturated heterocycles. The summed E-state index contributed by atoms with van der Waals surface area (Å²) in [6, 6.07) is -0.153. The fraction of sp³-hybridized carbons (Fsp3) is 0.814. The Kier molecular flexibility index (Phi) is 8.72. The van der Waals surface area contributed by atoms with Gasteiger partial charge >= 0.3 is 0 Å². The van der Waals surface area contributed by atoms with Crippen LogP contribution in [0.2, 0.25) is 0 Å². The van der Waals surface area contributed by atoms with Crippen LogP contribution in [0.4, 0.5) is 0 Å².